The van der Waals surface area contributed by atoms with E-state index < -0.39 is 0 Å². The third-order valence-electron chi connectivity index (χ3n) is 1.36. The first-order chi connectivity index (χ1) is 6.70. The summed E-state index contributed by atoms with van der Waals surface area (Å²) >= 11 is 0. The van der Waals surface area contributed by atoms with E-state index in [9.17, 15) is 0 Å². The first-order valence-corrected chi connectivity index (χ1v) is 4.13. The van der Waals surface area contributed by atoms with Crippen molar-refractivity contribution in [3.63, 3.8) is 0 Å². The Balaban J connectivity index is 0.000000500. The van der Waals surface area contributed by atoms with Crippen molar-refractivity contribution in [2.24, 2.45) is 0 Å². The van der Waals surface area contributed by atoms with Gasteiger partial charge in [0.15, 0.2) is 0 Å². The predicted molar refractivity (Wildman–Crippen MR) is 58.7 cm³/mol. The maximum atomic E-state index is 8.35. The summed E-state index contributed by atoms with van der Waals surface area (Å²) in [5, 5.41) is 5.40. The van der Waals surface area contributed by atoms with Crippen LogP contribution in [0.4, 0.5) is 0 Å². The van der Waals surface area contributed by atoms with Crippen LogP contribution < -0.4 is 0 Å². The first kappa shape index (κ1) is 12.1. The average molecular weight is 187 g/mol. The van der Waals surface area contributed by atoms with Crippen LogP contribution >= 0.6 is 0 Å². The first-order valence-electron chi connectivity index (χ1n) is 4.13. The highest BCUT2D eigenvalue weighted by atomic mass is 16.1. The van der Waals surface area contributed by atoms with E-state index in [1.807, 2.05) is 31.2 Å². The van der Waals surface area contributed by atoms with E-state index in [0.717, 1.165) is 11.7 Å². The summed E-state index contributed by atoms with van der Waals surface area (Å²) < 4.78 is 0. The molecule has 1 aromatic rings. The summed E-state index contributed by atoms with van der Waals surface area (Å²) in [6.07, 6.45) is 4.82. The largest absolute Gasteiger partial charge is 0.231 e. The van der Waals surface area contributed by atoms with Crippen LogP contribution in [-0.4, -0.2) is 6.08 Å². The van der Waals surface area contributed by atoms with Gasteiger partial charge in [-0.1, -0.05) is 54.6 Å². The van der Waals surface area contributed by atoms with Gasteiger partial charge in [0, 0.05) is 0 Å². The maximum Gasteiger partial charge on any atom is 0.231 e. The molecule has 1 aromatic carbocycles. The van der Waals surface area contributed by atoms with Crippen LogP contribution in [0.5, 0.6) is 0 Å². The van der Waals surface area contributed by atoms with Gasteiger partial charge < -0.3 is 0 Å². The summed E-state index contributed by atoms with van der Waals surface area (Å²) in [6, 6.07) is 10.2. The minimum atomic E-state index is 0.750. The molecule has 0 saturated heterocycles. The lowest BCUT2D eigenvalue weighted by Gasteiger charge is -1.90. The van der Waals surface area contributed by atoms with Crippen molar-refractivity contribution in [3.8, 4) is 0 Å². The third kappa shape index (κ3) is 6.77. The van der Waals surface area contributed by atoms with Gasteiger partial charge in [-0.2, -0.15) is 0 Å². The molecule has 0 fully saturated rings. The van der Waals surface area contributed by atoms with Crippen LogP contribution in [0.3, 0.4) is 0 Å². The molecule has 0 aliphatic rings. The zero-order chi connectivity index (χ0) is 10.8. The smallest absolute Gasteiger partial charge is 0.222 e. The number of isocyanates is 1. The standard InChI is InChI=1S/C11H12.CHNO/c1-10(2)8-9-11-6-4-3-5-7-11;2-1-3/h3-9H,1H2,2H3;2H. The Hall–Kier alpha value is -1.92. The lowest BCUT2D eigenvalue weighted by atomic mass is 10.2. The summed E-state index contributed by atoms with van der Waals surface area (Å²) in [5.41, 5.74) is 2.30. The van der Waals surface area contributed by atoms with Crippen LogP contribution in [0.2, 0.25) is 0 Å². The SMILES string of the molecule is C=C(C)C=Cc1ccccc1.N=C=O. The Bertz CT molecular complexity index is 333. The van der Waals surface area contributed by atoms with Gasteiger partial charge in [-0.3, -0.25) is 0 Å². The summed E-state index contributed by atoms with van der Waals surface area (Å²) in [5.74, 6) is 0. The molecule has 0 heterocycles. The summed E-state index contributed by atoms with van der Waals surface area (Å²) in [4.78, 5) is 8.35. The van der Waals surface area contributed by atoms with Crippen molar-refractivity contribution in [2.45, 2.75) is 6.92 Å². The van der Waals surface area contributed by atoms with Crippen molar-refractivity contribution < 1.29 is 4.79 Å². The number of hydrogen-bond acceptors (Lipinski definition) is 2. The highest BCUT2D eigenvalue weighted by Crippen LogP contribution is 2.02. The van der Waals surface area contributed by atoms with E-state index in [2.05, 4.69) is 24.8 Å². The van der Waals surface area contributed by atoms with Gasteiger partial charge in [0.05, 0.1) is 0 Å². The molecule has 14 heavy (non-hydrogen) atoms. The van der Waals surface area contributed by atoms with E-state index >= 15 is 0 Å². The normalized spacial score (nSPS) is 8.64. The molecule has 2 heteroatoms. The van der Waals surface area contributed by atoms with Gasteiger partial charge in [-0.15, -0.1) is 0 Å². The van der Waals surface area contributed by atoms with Crippen molar-refractivity contribution in [1.82, 2.24) is 0 Å². The van der Waals surface area contributed by atoms with Crippen molar-refractivity contribution >= 4 is 12.2 Å². The molecule has 1 rings (SSSR count). The van der Waals surface area contributed by atoms with Crippen molar-refractivity contribution in [3.05, 3.63) is 54.1 Å². The van der Waals surface area contributed by atoms with Gasteiger partial charge in [0.2, 0.25) is 6.08 Å². The number of benzene rings is 1. The maximum absolute atomic E-state index is 8.35. The van der Waals surface area contributed by atoms with E-state index in [1.54, 1.807) is 0 Å². The predicted octanol–water partition coefficient (Wildman–Crippen LogP) is 3.18. The quantitative estimate of drug-likeness (QED) is 0.431. The number of rotatable bonds is 2. The lowest BCUT2D eigenvalue weighted by molar-refractivity contribution is 0.563. The molecule has 72 valence electrons. The van der Waals surface area contributed by atoms with Crippen LogP contribution in [0.25, 0.3) is 6.08 Å². The monoisotopic (exact) mass is 187 g/mol. The molecular formula is C12H13NO. The molecule has 1 N–H and O–H groups in total. The highest BCUT2D eigenvalue weighted by Gasteiger charge is 1.80. The molecule has 0 aliphatic heterocycles. The third-order valence-corrected chi connectivity index (χ3v) is 1.36. The fourth-order valence-electron chi connectivity index (χ4n) is 0.803. The molecule has 0 spiro atoms. The van der Waals surface area contributed by atoms with E-state index in [-0.39, 0.29) is 0 Å². The van der Waals surface area contributed by atoms with Gasteiger partial charge in [0.1, 0.15) is 0 Å². The molecule has 2 nitrogen and oxygen atoms in total. The average Bonchev–Trinajstić information content (AvgIpc) is 2.18. The molecule has 0 atom stereocenters. The minimum Gasteiger partial charge on any atom is -0.222 e. The topological polar surface area (TPSA) is 40.9 Å². The number of allylic oxidation sites excluding steroid dienone is 2. The zero-order valence-electron chi connectivity index (χ0n) is 8.16. The van der Waals surface area contributed by atoms with Crippen molar-refractivity contribution in [2.75, 3.05) is 0 Å². The minimum absolute atomic E-state index is 0.750. The highest BCUT2D eigenvalue weighted by molar-refractivity contribution is 5.51. The molecule has 0 radical (unpaired) electrons. The Morgan fingerprint density at radius 3 is 2.36 bits per heavy atom. The van der Waals surface area contributed by atoms with E-state index in [1.165, 1.54) is 5.56 Å². The van der Waals surface area contributed by atoms with Crippen molar-refractivity contribution in [1.29, 1.82) is 5.41 Å². The van der Waals surface area contributed by atoms with Crippen LogP contribution in [-0.2, 0) is 4.79 Å². The van der Waals surface area contributed by atoms with Gasteiger partial charge in [-0.25, -0.2) is 10.2 Å². The Morgan fingerprint density at radius 1 is 1.43 bits per heavy atom. The molecule has 0 saturated carbocycles. The molecule has 0 aliphatic carbocycles. The van der Waals surface area contributed by atoms with Gasteiger partial charge in [0.25, 0.3) is 0 Å². The second-order valence-corrected chi connectivity index (χ2v) is 2.69. The number of nitrogens with one attached hydrogen (secondary N) is 1. The van der Waals surface area contributed by atoms with Gasteiger partial charge >= 0.3 is 0 Å². The fraction of sp³-hybridized carbons (Fsp3) is 0.0833. The molecule has 0 amide bonds. The molecule has 0 aromatic heterocycles. The summed E-state index contributed by atoms with van der Waals surface area (Å²) in [7, 11) is 0. The lowest BCUT2D eigenvalue weighted by Crippen LogP contribution is -1.68. The second kappa shape index (κ2) is 7.71. The Labute approximate surface area is 84.1 Å². The second-order valence-electron chi connectivity index (χ2n) is 2.69. The van der Waals surface area contributed by atoms with E-state index in [4.69, 9.17) is 10.2 Å². The van der Waals surface area contributed by atoms with Crippen LogP contribution in [0.1, 0.15) is 12.5 Å². The fourth-order valence-corrected chi connectivity index (χ4v) is 0.803. The summed E-state index contributed by atoms with van der Waals surface area (Å²) in [6.45, 7) is 5.77. The molecular weight excluding hydrogens is 174 g/mol. The van der Waals surface area contributed by atoms with Crippen LogP contribution in [0.15, 0.2) is 48.6 Å². The number of hydrogen-bond donors (Lipinski definition) is 1. The Morgan fingerprint density at radius 2 is 1.93 bits per heavy atom. The zero-order valence-corrected chi connectivity index (χ0v) is 8.16. The van der Waals surface area contributed by atoms with E-state index in [0.29, 0.717) is 0 Å². The van der Waals surface area contributed by atoms with Gasteiger partial charge in [-0.05, 0) is 12.5 Å². The molecule has 0 bridgehead atoms. The van der Waals surface area contributed by atoms with Crippen LogP contribution in [0, 0.1) is 5.41 Å². The Kier molecular flexibility index (Phi) is 6.66. The molecule has 0 unspecified atom stereocenters. The number of carbonyl (C=O) groups excluding carboxylic acids is 1.